The van der Waals surface area contributed by atoms with Crippen LogP contribution in [0.5, 0.6) is 0 Å². The average molecular weight is 331 g/mol. The van der Waals surface area contributed by atoms with Gasteiger partial charge in [0, 0.05) is 24.4 Å². The van der Waals surface area contributed by atoms with Crippen molar-refractivity contribution < 1.29 is 4.52 Å². The molecule has 1 aliphatic rings. The van der Waals surface area contributed by atoms with E-state index < -0.39 is 0 Å². The molecule has 3 heterocycles. The molecule has 2 aromatic rings. The summed E-state index contributed by atoms with van der Waals surface area (Å²) in [6.45, 7) is 2.28. The van der Waals surface area contributed by atoms with Crippen molar-refractivity contribution in [3.63, 3.8) is 0 Å². The van der Waals surface area contributed by atoms with Crippen molar-refractivity contribution >= 4 is 24.8 Å². The topological polar surface area (TPSA) is 63.8 Å². The van der Waals surface area contributed by atoms with E-state index in [2.05, 4.69) is 20.4 Å². The minimum absolute atomic E-state index is 0. The van der Waals surface area contributed by atoms with E-state index in [1.165, 1.54) is 12.8 Å². The predicted molar refractivity (Wildman–Crippen MR) is 85.9 cm³/mol. The Kier molecular flexibility index (Phi) is 7.64. The molecule has 7 heteroatoms. The van der Waals surface area contributed by atoms with Gasteiger partial charge in [-0.25, -0.2) is 0 Å². The molecule has 2 aromatic heterocycles. The molecule has 1 aliphatic heterocycles. The van der Waals surface area contributed by atoms with Crippen LogP contribution in [0.15, 0.2) is 29.0 Å². The molecule has 3 rings (SSSR count). The van der Waals surface area contributed by atoms with Crippen molar-refractivity contribution in [2.24, 2.45) is 5.92 Å². The van der Waals surface area contributed by atoms with Gasteiger partial charge in [-0.3, -0.25) is 4.98 Å². The zero-order chi connectivity index (χ0) is 12.9. The number of halogens is 2. The Morgan fingerprint density at radius 3 is 2.76 bits per heavy atom. The lowest BCUT2D eigenvalue weighted by atomic mass is 9.95. The lowest BCUT2D eigenvalue weighted by molar-refractivity contribution is 0.352. The number of nitrogens with one attached hydrogen (secondary N) is 1. The summed E-state index contributed by atoms with van der Waals surface area (Å²) in [5.41, 5.74) is 0.924. The highest BCUT2D eigenvalue weighted by Crippen LogP contribution is 2.19. The highest BCUT2D eigenvalue weighted by molar-refractivity contribution is 5.85. The molecule has 0 spiro atoms. The number of piperidine rings is 1. The first kappa shape index (κ1) is 17.9. The summed E-state index contributed by atoms with van der Waals surface area (Å²) in [6, 6.07) is 3.75. The van der Waals surface area contributed by atoms with Crippen molar-refractivity contribution in [2.75, 3.05) is 13.1 Å². The third kappa shape index (κ3) is 4.95. The molecule has 0 radical (unpaired) electrons. The SMILES string of the molecule is Cl.Cl.c1cc(-c2nc(CCC3CCCNC3)no2)ccn1. The van der Waals surface area contributed by atoms with Crippen molar-refractivity contribution in [1.82, 2.24) is 20.4 Å². The van der Waals surface area contributed by atoms with E-state index in [-0.39, 0.29) is 24.8 Å². The Labute approximate surface area is 136 Å². The summed E-state index contributed by atoms with van der Waals surface area (Å²) >= 11 is 0. The van der Waals surface area contributed by atoms with E-state index in [1.54, 1.807) is 12.4 Å². The minimum Gasteiger partial charge on any atom is -0.334 e. The second kappa shape index (κ2) is 8.97. The summed E-state index contributed by atoms with van der Waals surface area (Å²) in [5.74, 6) is 2.13. The molecule has 0 amide bonds. The van der Waals surface area contributed by atoms with E-state index in [0.29, 0.717) is 5.89 Å². The summed E-state index contributed by atoms with van der Waals surface area (Å²) < 4.78 is 5.29. The second-order valence-electron chi connectivity index (χ2n) is 5.00. The molecular weight excluding hydrogens is 311 g/mol. The summed E-state index contributed by atoms with van der Waals surface area (Å²) in [4.78, 5) is 8.42. The fourth-order valence-corrected chi connectivity index (χ4v) is 2.47. The van der Waals surface area contributed by atoms with Crippen LogP contribution in [0.1, 0.15) is 25.1 Å². The fourth-order valence-electron chi connectivity index (χ4n) is 2.47. The Balaban J connectivity index is 0.00000110. The highest BCUT2D eigenvalue weighted by Gasteiger charge is 2.15. The summed E-state index contributed by atoms with van der Waals surface area (Å²) in [7, 11) is 0. The van der Waals surface area contributed by atoms with Gasteiger partial charge in [0.15, 0.2) is 5.82 Å². The van der Waals surface area contributed by atoms with Crippen molar-refractivity contribution in [2.45, 2.75) is 25.7 Å². The number of aryl methyl sites for hydroxylation is 1. The Hall–Kier alpha value is -1.17. The summed E-state index contributed by atoms with van der Waals surface area (Å²) in [5, 5.41) is 7.48. The van der Waals surface area contributed by atoms with E-state index in [0.717, 1.165) is 43.2 Å². The highest BCUT2D eigenvalue weighted by atomic mass is 35.5. The predicted octanol–water partition coefficient (Wildman–Crippen LogP) is 2.91. The molecule has 0 bridgehead atoms. The monoisotopic (exact) mass is 330 g/mol. The first-order chi connectivity index (χ1) is 9.42. The van der Waals surface area contributed by atoms with Crippen LogP contribution in [0.4, 0.5) is 0 Å². The van der Waals surface area contributed by atoms with E-state index in [4.69, 9.17) is 4.52 Å². The molecule has 116 valence electrons. The van der Waals surface area contributed by atoms with Gasteiger partial charge in [-0.1, -0.05) is 5.16 Å². The van der Waals surface area contributed by atoms with E-state index in [9.17, 15) is 0 Å². The van der Waals surface area contributed by atoms with Crippen LogP contribution >= 0.6 is 24.8 Å². The number of pyridine rings is 1. The van der Waals surface area contributed by atoms with Gasteiger partial charge in [-0.2, -0.15) is 4.98 Å². The van der Waals surface area contributed by atoms with Gasteiger partial charge in [0.25, 0.3) is 5.89 Å². The second-order valence-corrected chi connectivity index (χ2v) is 5.00. The summed E-state index contributed by atoms with van der Waals surface area (Å²) in [6.07, 6.45) is 8.06. The third-order valence-corrected chi connectivity index (χ3v) is 3.57. The van der Waals surface area contributed by atoms with E-state index >= 15 is 0 Å². The fraction of sp³-hybridized carbons (Fsp3) is 0.500. The van der Waals surface area contributed by atoms with Crippen LogP contribution in [-0.4, -0.2) is 28.2 Å². The van der Waals surface area contributed by atoms with Crippen LogP contribution in [-0.2, 0) is 6.42 Å². The molecule has 0 aromatic carbocycles. The molecular formula is C14H20Cl2N4O. The lowest BCUT2D eigenvalue weighted by Crippen LogP contribution is -2.29. The normalized spacial score (nSPS) is 17.6. The minimum atomic E-state index is 0. The average Bonchev–Trinajstić information content (AvgIpc) is 2.96. The van der Waals surface area contributed by atoms with Gasteiger partial charge in [0.05, 0.1) is 0 Å². The van der Waals surface area contributed by atoms with Gasteiger partial charge < -0.3 is 9.84 Å². The smallest absolute Gasteiger partial charge is 0.258 e. The maximum atomic E-state index is 5.29. The van der Waals surface area contributed by atoms with Crippen molar-refractivity contribution in [3.05, 3.63) is 30.4 Å². The first-order valence-electron chi connectivity index (χ1n) is 6.85. The quantitative estimate of drug-likeness (QED) is 0.933. The van der Waals surface area contributed by atoms with Crippen LogP contribution in [0, 0.1) is 5.92 Å². The molecule has 0 aliphatic carbocycles. The molecule has 1 saturated heterocycles. The maximum absolute atomic E-state index is 5.29. The van der Waals surface area contributed by atoms with Gasteiger partial charge >= 0.3 is 0 Å². The number of aromatic nitrogens is 3. The number of hydrogen-bond donors (Lipinski definition) is 1. The van der Waals surface area contributed by atoms with Crippen molar-refractivity contribution in [1.29, 1.82) is 0 Å². The zero-order valence-corrected chi connectivity index (χ0v) is 13.3. The standard InChI is InChI=1S/C14H18N4O.2ClH/c1-2-11(10-16-7-1)3-4-13-17-14(19-18-13)12-5-8-15-9-6-12;;/h5-6,8-9,11,16H,1-4,7,10H2;2*1H. The molecule has 1 N–H and O–H groups in total. The molecule has 0 saturated carbocycles. The third-order valence-electron chi connectivity index (χ3n) is 3.57. The Morgan fingerprint density at radius 1 is 1.24 bits per heavy atom. The molecule has 1 unspecified atom stereocenters. The number of nitrogens with zero attached hydrogens (tertiary/aromatic N) is 3. The largest absolute Gasteiger partial charge is 0.334 e. The van der Waals surface area contributed by atoms with Crippen LogP contribution in [0.2, 0.25) is 0 Å². The maximum Gasteiger partial charge on any atom is 0.258 e. The molecule has 5 nitrogen and oxygen atoms in total. The first-order valence-corrected chi connectivity index (χ1v) is 6.85. The van der Waals surface area contributed by atoms with Crippen LogP contribution < -0.4 is 5.32 Å². The van der Waals surface area contributed by atoms with Gasteiger partial charge in [-0.15, -0.1) is 24.8 Å². The number of rotatable bonds is 4. The Morgan fingerprint density at radius 2 is 2.05 bits per heavy atom. The lowest BCUT2D eigenvalue weighted by Gasteiger charge is -2.21. The van der Waals surface area contributed by atoms with Gasteiger partial charge in [0.1, 0.15) is 0 Å². The van der Waals surface area contributed by atoms with Crippen LogP contribution in [0.25, 0.3) is 11.5 Å². The van der Waals surface area contributed by atoms with Gasteiger partial charge in [0.2, 0.25) is 0 Å². The van der Waals surface area contributed by atoms with Crippen molar-refractivity contribution in [3.8, 4) is 11.5 Å². The van der Waals surface area contributed by atoms with Gasteiger partial charge in [-0.05, 0) is 50.4 Å². The number of hydrogen-bond acceptors (Lipinski definition) is 5. The van der Waals surface area contributed by atoms with E-state index in [1.807, 2.05) is 12.1 Å². The zero-order valence-electron chi connectivity index (χ0n) is 11.7. The van der Waals surface area contributed by atoms with Crippen LogP contribution in [0.3, 0.4) is 0 Å². The molecule has 21 heavy (non-hydrogen) atoms. The molecule has 1 fully saturated rings. The Bertz CT molecular complexity index is 515. The molecule has 1 atom stereocenters.